The first-order valence-corrected chi connectivity index (χ1v) is 8.62. The highest BCUT2D eigenvalue weighted by atomic mass is 19.1. The molecule has 1 aromatic carbocycles. The molecule has 0 spiro atoms. The van der Waals surface area contributed by atoms with Crippen LogP contribution in [0.4, 0.5) is 4.39 Å². The predicted molar refractivity (Wildman–Crippen MR) is 91.4 cm³/mol. The van der Waals surface area contributed by atoms with E-state index in [4.69, 9.17) is 4.42 Å². The van der Waals surface area contributed by atoms with E-state index in [-0.39, 0.29) is 23.7 Å². The van der Waals surface area contributed by atoms with Gasteiger partial charge in [0.2, 0.25) is 17.7 Å². The summed E-state index contributed by atoms with van der Waals surface area (Å²) in [7, 11) is 0. The summed E-state index contributed by atoms with van der Waals surface area (Å²) in [5, 5.41) is 11.1. The molecule has 3 rings (SSSR count). The molecule has 7 heteroatoms. The Balaban J connectivity index is 1.55. The van der Waals surface area contributed by atoms with Gasteiger partial charge in [-0.3, -0.25) is 9.69 Å². The SMILES string of the molecule is CC(C)NC(=O)CN1CCC(c2nnc(-c3ccc(F)cc3)o2)CC1. The van der Waals surface area contributed by atoms with Crippen LogP contribution in [-0.4, -0.2) is 46.7 Å². The highest BCUT2D eigenvalue weighted by molar-refractivity contribution is 5.78. The smallest absolute Gasteiger partial charge is 0.247 e. The summed E-state index contributed by atoms with van der Waals surface area (Å²) in [6, 6.07) is 6.17. The fourth-order valence-electron chi connectivity index (χ4n) is 3.02. The molecule has 0 saturated carbocycles. The maximum Gasteiger partial charge on any atom is 0.247 e. The summed E-state index contributed by atoms with van der Waals surface area (Å²) < 4.78 is 18.8. The summed E-state index contributed by atoms with van der Waals surface area (Å²) in [6.45, 7) is 5.99. The van der Waals surface area contributed by atoms with E-state index in [9.17, 15) is 9.18 Å². The second-order valence-corrected chi connectivity index (χ2v) is 6.72. The molecule has 0 atom stereocenters. The Kier molecular flexibility index (Phi) is 5.43. The summed E-state index contributed by atoms with van der Waals surface area (Å²) in [4.78, 5) is 14.0. The normalized spacial score (nSPS) is 16.3. The lowest BCUT2D eigenvalue weighted by Crippen LogP contribution is -2.43. The van der Waals surface area contributed by atoms with Gasteiger partial charge in [0.05, 0.1) is 6.54 Å². The van der Waals surface area contributed by atoms with Crippen molar-refractivity contribution < 1.29 is 13.6 Å². The molecule has 1 amide bonds. The number of nitrogens with zero attached hydrogens (tertiary/aromatic N) is 3. The lowest BCUT2D eigenvalue weighted by Gasteiger charge is -2.29. The zero-order valence-electron chi connectivity index (χ0n) is 14.5. The number of hydrogen-bond donors (Lipinski definition) is 1. The van der Waals surface area contributed by atoms with Crippen LogP contribution >= 0.6 is 0 Å². The number of amides is 1. The standard InChI is InChI=1S/C18H23FN4O2/c1-12(2)20-16(24)11-23-9-7-14(8-10-23)18-22-21-17(25-18)13-3-5-15(19)6-4-13/h3-6,12,14H,7-11H2,1-2H3,(H,20,24). The molecule has 0 radical (unpaired) electrons. The van der Waals surface area contributed by atoms with Crippen molar-refractivity contribution in [2.45, 2.75) is 38.6 Å². The third-order valence-corrected chi connectivity index (χ3v) is 4.29. The van der Waals surface area contributed by atoms with Gasteiger partial charge in [0.1, 0.15) is 5.82 Å². The molecule has 2 heterocycles. The van der Waals surface area contributed by atoms with Crippen molar-refractivity contribution in [1.29, 1.82) is 0 Å². The number of nitrogens with one attached hydrogen (secondary N) is 1. The van der Waals surface area contributed by atoms with Gasteiger partial charge in [-0.15, -0.1) is 10.2 Å². The second-order valence-electron chi connectivity index (χ2n) is 6.72. The molecule has 1 N–H and O–H groups in total. The van der Waals surface area contributed by atoms with E-state index in [0.717, 1.165) is 25.9 Å². The maximum absolute atomic E-state index is 13.0. The van der Waals surface area contributed by atoms with Crippen LogP contribution in [0.1, 0.15) is 38.5 Å². The molecule has 6 nitrogen and oxygen atoms in total. The minimum atomic E-state index is -0.294. The highest BCUT2D eigenvalue weighted by Crippen LogP contribution is 2.29. The van der Waals surface area contributed by atoms with E-state index < -0.39 is 0 Å². The van der Waals surface area contributed by atoms with Gasteiger partial charge < -0.3 is 9.73 Å². The molecule has 134 valence electrons. The van der Waals surface area contributed by atoms with Crippen molar-refractivity contribution in [2.75, 3.05) is 19.6 Å². The van der Waals surface area contributed by atoms with Crippen LogP contribution in [0.5, 0.6) is 0 Å². The van der Waals surface area contributed by atoms with E-state index in [0.29, 0.717) is 23.9 Å². The summed E-state index contributed by atoms with van der Waals surface area (Å²) in [6.07, 6.45) is 1.75. The zero-order chi connectivity index (χ0) is 17.8. The Morgan fingerprint density at radius 2 is 1.96 bits per heavy atom. The molecule has 1 aliphatic heterocycles. The fraction of sp³-hybridized carbons (Fsp3) is 0.500. The monoisotopic (exact) mass is 346 g/mol. The average molecular weight is 346 g/mol. The Hall–Kier alpha value is -2.28. The van der Waals surface area contributed by atoms with Gasteiger partial charge in [-0.25, -0.2) is 4.39 Å². The molecule has 2 aromatic rings. The minimum Gasteiger partial charge on any atom is -0.420 e. The quantitative estimate of drug-likeness (QED) is 0.901. The largest absolute Gasteiger partial charge is 0.420 e. The van der Waals surface area contributed by atoms with Crippen LogP contribution in [0.2, 0.25) is 0 Å². The lowest BCUT2D eigenvalue weighted by molar-refractivity contribution is -0.123. The Morgan fingerprint density at radius 3 is 2.60 bits per heavy atom. The van der Waals surface area contributed by atoms with Crippen LogP contribution in [0.3, 0.4) is 0 Å². The first kappa shape index (κ1) is 17.5. The fourth-order valence-corrected chi connectivity index (χ4v) is 3.02. The van der Waals surface area contributed by atoms with Gasteiger partial charge in [0, 0.05) is 17.5 Å². The Morgan fingerprint density at radius 1 is 1.28 bits per heavy atom. The van der Waals surface area contributed by atoms with Crippen LogP contribution in [0.15, 0.2) is 28.7 Å². The van der Waals surface area contributed by atoms with Crippen molar-refractivity contribution in [3.8, 4) is 11.5 Å². The molecule has 1 saturated heterocycles. The van der Waals surface area contributed by atoms with Gasteiger partial charge in [-0.1, -0.05) is 0 Å². The first-order chi connectivity index (χ1) is 12.0. The van der Waals surface area contributed by atoms with Gasteiger partial charge >= 0.3 is 0 Å². The number of hydrogen-bond acceptors (Lipinski definition) is 5. The average Bonchev–Trinajstić information content (AvgIpc) is 3.05. The second kappa shape index (κ2) is 7.74. The third kappa shape index (κ3) is 4.63. The number of carbonyl (C=O) groups excluding carboxylic acids is 1. The van der Waals surface area contributed by atoms with Crippen LogP contribution in [0, 0.1) is 5.82 Å². The molecule has 0 aliphatic carbocycles. The lowest BCUT2D eigenvalue weighted by atomic mass is 9.97. The molecule has 0 unspecified atom stereocenters. The number of carbonyl (C=O) groups is 1. The van der Waals surface area contributed by atoms with E-state index >= 15 is 0 Å². The van der Waals surface area contributed by atoms with Crippen molar-refractivity contribution >= 4 is 5.91 Å². The number of piperidine rings is 1. The van der Waals surface area contributed by atoms with Crippen molar-refractivity contribution in [3.05, 3.63) is 36.0 Å². The number of rotatable bonds is 5. The molecule has 0 bridgehead atoms. The van der Waals surface area contributed by atoms with Crippen molar-refractivity contribution in [1.82, 2.24) is 20.4 Å². The van der Waals surface area contributed by atoms with Gasteiger partial charge in [0.25, 0.3) is 0 Å². The summed E-state index contributed by atoms with van der Waals surface area (Å²) in [5.41, 5.74) is 0.711. The molecular formula is C18H23FN4O2. The van der Waals surface area contributed by atoms with E-state index in [1.54, 1.807) is 12.1 Å². The molecule has 1 fully saturated rings. The number of likely N-dealkylation sites (tertiary alicyclic amines) is 1. The zero-order valence-corrected chi connectivity index (χ0v) is 14.5. The molecule has 1 aliphatic rings. The maximum atomic E-state index is 13.0. The molecule has 1 aromatic heterocycles. The molecule has 25 heavy (non-hydrogen) atoms. The third-order valence-electron chi connectivity index (χ3n) is 4.29. The first-order valence-electron chi connectivity index (χ1n) is 8.62. The van der Waals surface area contributed by atoms with Gasteiger partial charge in [0.15, 0.2) is 0 Å². The van der Waals surface area contributed by atoms with Crippen LogP contribution in [-0.2, 0) is 4.79 Å². The van der Waals surface area contributed by atoms with Gasteiger partial charge in [-0.05, 0) is 64.0 Å². The number of aromatic nitrogens is 2. The number of halogens is 1. The van der Waals surface area contributed by atoms with E-state index in [1.165, 1.54) is 12.1 Å². The topological polar surface area (TPSA) is 71.3 Å². The van der Waals surface area contributed by atoms with Crippen molar-refractivity contribution in [2.24, 2.45) is 0 Å². The predicted octanol–water partition coefficient (Wildman–Crippen LogP) is 2.58. The Labute approximate surface area is 146 Å². The van der Waals surface area contributed by atoms with E-state index in [1.807, 2.05) is 13.8 Å². The van der Waals surface area contributed by atoms with E-state index in [2.05, 4.69) is 20.4 Å². The summed E-state index contributed by atoms with van der Waals surface area (Å²) >= 11 is 0. The van der Waals surface area contributed by atoms with Gasteiger partial charge in [-0.2, -0.15) is 0 Å². The molecular weight excluding hydrogens is 323 g/mol. The summed E-state index contributed by atoms with van der Waals surface area (Å²) in [5.74, 6) is 0.993. The van der Waals surface area contributed by atoms with Crippen LogP contribution in [0.25, 0.3) is 11.5 Å². The number of benzene rings is 1. The Bertz CT molecular complexity index is 706. The van der Waals surface area contributed by atoms with Crippen molar-refractivity contribution in [3.63, 3.8) is 0 Å². The van der Waals surface area contributed by atoms with Crippen LogP contribution < -0.4 is 5.32 Å². The minimum absolute atomic E-state index is 0.0600. The highest BCUT2D eigenvalue weighted by Gasteiger charge is 2.26.